The highest BCUT2D eigenvalue weighted by Gasteiger charge is 2.25. The van der Waals surface area contributed by atoms with Crippen molar-refractivity contribution in [3.05, 3.63) is 29.3 Å². The summed E-state index contributed by atoms with van der Waals surface area (Å²) in [6.07, 6.45) is 3.36. The van der Waals surface area contributed by atoms with Crippen molar-refractivity contribution >= 4 is 6.03 Å². The van der Waals surface area contributed by atoms with Crippen molar-refractivity contribution < 1.29 is 9.53 Å². The molecule has 1 aliphatic rings. The van der Waals surface area contributed by atoms with Crippen LogP contribution in [-0.2, 0) is 0 Å². The van der Waals surface area contributed by atoms with Gasteiger partial charge in [0.1, 0.15) is 5.75 Å². The zero-order chi connectivity index (χ0) is 15.9. The van der Waals surface area contributed by atoms with Crippen molar-refractivity contribution in [1.82, 2.24) is 10.2 Å². The minimum atomic E-state index is 0.0569. The quantitative estimate of drug-likeness (QED) is 0.747. The van der Waals surface area contributed by atoms with Crippen LogP contribution in [0.2, 0.25) is 0 Å². The lowest BCUT2D eigenvalue weighted by molar-refractivity contribution is 0.197. The van der Waals surface area contributed by atoms with E-state index in [2.05, 4.69) is 31.3 Å². The van der Waals surface area contributed by atoms with Crippen LogP contribution in [0.3, 0.4) is 0 Å². The van der Waals surface area contributed by atoms with E-state index in [1.807, 2.05) is 17.9 Å². The average molecular weight is 304 g/mol. The second-order valence-corrected chi connectivity index (χ2v) is 6.14. The van der Waals surface area contributed by atoms with Gasteiger partial charge in [0.05, 0.1) is 6.61 Å². The fourth-order valence-corrected chi connectivity index (χ4v) is 2.55. The van der Waals surface area contributed by atoms with Crippen LogP contribution >= 0.6 is 0 Å². The molecule has 122 valence electrons. The Morgan fingerprint density at radius 3 is 2.59 bits per heavy atom. The number of hydrogen-bond donors (Lipinski definition) is 1. The normalized spacial score (nSPS) is 13.8. The summed E-state index contributed by atoms with van der Waals surface area (Å²) in [6, 6.07) is 6.21. The molecule has 2 amide bonds. The molecule has 0 unspecified atom stereocenters. The molecule has 1 aromatic carbocycles. The van der Waals surface area contributed by atoms with E-state index in [4.69, 9.17) is 4.74 Å². The monoisotopic (exact) mass is 304 g/mol. The molecule has 1 N–H and O–H groups in total. The Kier molecular flexibility index (Phi) is 6.10. The molecule has 0 aliphatic heterocycles. The van der Waals surface area contributed by atoms with E-state index >= 15 is 0 Å². The first-order valence-electron chi connectivity index (χ1n) is 8.33. The number of ether oxygens (including phenoxy) is 1. The van der Waals surface area contributed by atoms with Crippen molar-refractivity contribution in [3.63, 3.8) is 0 Å². The maximum Gasteiger partial charge on any atom is 0.317 e. The zero-order valence-electron chi connectivity index (χ0n) is 14.0. The number of aryl methyl sites for hydroxylation is 2. The van der Waals surface area contributed by atoms with Crippen molar-refractivity contribution in [2.24, 2.45) is 5.92 Å². The molecule has 0 aromatic heterocycles. The molecule has 0 bridgehead atoms. The van der Waals surface area contributed by atoms with Gasteiger partial charge in [-0.1, -0.05) is 18.2 Å². The molecule has 0 atom stereocenters. The van der Waals surface area contributed by atoms with Crippen LogP contribution in [0.25, 0.3) is 0 Å². The van der Waals surface area contributed by atoms with E-state index in [1.54, 1.807) is 0 Å². The average Bonchev–Trinajstić information content (AvgIpc) is 3.31. The first-order chi connectivity index (χ1) is 10.6. The van der Waals surface area contributed by atoms with Gasteiger partial charge in [0.2, 0.25) is 0 Å². The number of rotatable bonds is 8. The van der Waals surface area contributed by atoms with E-state index in [1.165, 1.54) is 12.8 Å². The molecule has 4 heteroatoms. The number of benzene rings is 1. The lowest BCUT2D eigenvalue weighted by atomic mass is 10.1. The Balaban J connectivity index is 1.65. The van der Waals surface area contributed by atoms with Gasteiger partial charge >= 0.3 is 6.03 Å². The topological polar surface area (TPSA) is 41.6 Å². The van der Waals surface area contributed by atoms with E-state index in [0.29, 0.717) is 13.2 Å². The molecule has 22 heavy (non-hydrogen) atoms. The van der Waals surface area contributed by atoms with Crippen molar-refractivity contribution in [2.75, 3.05) is 26.2 Å². The number of hydrogen-bond acceptors (Lipinski definition) is 2. The standard InChI is InChI=1S/C18H28N2O2/c1-4-20(13-16-9-10-16)18(21)19-11-6-12-22-17-14(2)7-5-8-15(17)3/h5,7-8,16H,4,6,9-13H2,1-3H3,(H,19,21). The van der Waals surface area contributed by atoms with Gasteiger partial charge in [-0.05, 0) is 57.1 Å². The third-order valence-electron chi connectivity index (χ3n) is 4.10. The number of amides is 2. The molecule has 1 aromatic rings. The third kappa shape index (κ3) is 4.93. The van der Waals surface area contributed by atoms with Gasteiger partial charge in [0.25, 0.3) is 0 Å². The molecule has 0 heterocycles. The Hall–Kier alpha value is -1.71. The Labute approximate surface area is 133 Å². The predicted molar refractivity (Wildman–Crippen MR) is 89.4 cm³/mol. The molecule has 4 nitrogen and oxygen atoms in total. The Bertz CT molecular complexity index is 478. The Morgan fingerprint density at radius 2 is 2.00 bits per heavy atom. The fourth-order valence-electron chi connectivity index (χ4n) is 2.55. The Morgan fingerprint density at radius 1 is 1.32 bits per heavy atom. The summed E-state index contributed by atoms with van der Waals surface area (Å²) in [4.78, 5) is 14.0. The third-order valence-corrected chi connectivity index (χ3v) is 4.10. The summed E-state index contributed by atoms with van der Waals surface area (Å²) in [5.74, 6) is 1.70. The van der Waals surface area contributed by atoms with Crippen LogP contribution in [0.5, 0.6) is 5.75 Å². The van der Waals surface area contributed by atoms with Crippen LogP contribution in [-0.4, -0.2) is 37.2 Å². The summed E-state index contributed by atoms with van der Waals surface area (Å²) in [6.45, 7) is 9.11. The maximum absolute atomic E-state index is 12.1. The van der Waals surface area contributed by atoms with E-state index in [-0.39, 0.29) is 6.03 Å². The molecule has 1 saturated carbocycles. The summed E-state index contributed by atoms with van der Waals surface area (Å²) in [7, 11) is 0. The molecule has 1 fully saturated rings. The van der Waals surface area contributed by atoms with E-state index < -0.39 is 0 Å². The van der Waals surface area contributed by atoms with Crippen LogP contribution in [0.1, 0.15) is 37.3 Å². The molecule has 1 aliphatic carbocycles. The molecule has 0 spiro atoms. The number of urea groups is 1. The van der Waals surface area contributed by atoms with Gasteiger partial charge in [-0.15, -0.1) is 0 Å². The predicted octanol–water partition coefficient (Wildman–Crippen LogP) is 3.51. The summed E-state index contributed by atoms with van der Waals surface area (Å²) >= 11 is 0. The summed E-state index contributed by atoms with van der Waals surface area (Å²) in [5.41, 5.74) is 2.32. The highest BCUT2D eigenvalue weighted by Crippen LogP contribution is 2.29. The summed E-state index contributed by atoms with van der Waals surface area (Å²) in [5, 5.41) is 2.99. The molecular formula is C18H28N2O2. The molecule has 0 saturated heterocycles. The van der Waals surface area contributed by atoms with Gasteiger partial charge < -0.3 is 15.0 Å². The number of nitrogens with one attached hydrogen (secondary N) is 1. The van der Waals surface area contributed by atoms with Crippen LogP contribution < -0.4 is 10.1 Å². The minimum Gasteiger partial charge on any atom is -0.493 e. The van der Waals surface area contributed by atoms with Gasteiger partial charge in [-0.25, -0.2) is 4.79 Å². The maximum atomic E-state index is 12.1. The highest BCUT2D eigenvalue weighted by atomic mass is 16.5. The second-order valence-electron chi connectivity index (χ2n) is 6.14. The van der Waals surface area contributed by atoms with Gasteiger partial charge in [0, 0.05) is 19.6 Å². The summed E-state index contributed by atoms with van der Waals surface area (Å²) < 4.78 is 5.85. The van der Waals surface area contributed by atoms with Crippen molar-refractivity contribution in [3.8, 4) is 5.75 Å². The fraction of sp³-hybridized carbons (Fsp3) is 0.611. The zero-order valence-corrected chi connectivity index (χ0v) is 14.0. The molecular weight excluding hydrogens is 276 g/mol. The van der Waals surface area contributed by atoms with E-state index in [0.717, 1.165) is 42.3 Å². The van der Waals surface area contributed by atoms with E-state index in [9.17, 15) is 4.79 Å². The number of carbonyl (C=O) groups is 1. The number of para-hydroxylation sites is 1. The van der Waals surface area contributed by atoms with Crippen LogP contribution in [0.15, 0.2) is 18.2 Å². The number of nitrogens with zero attached hydrogens (tertiary/aromatic N) is 1. The van der Waals surface area contributed by atoms with Gasteiger partial charge in [0.15, 0.2) is 0 Å². The first-order valence-corrected chi connectivity index (χ1v) is 8.33. The smallest absolute Gasteiger partial charge is 0.317 e. The largest absolute Gasteiger partial charge is 0.493 e. The van der Waals surface area contributed by atoms with Crippen LogP contribution in [0, 0.1) is 19.8 Å². The SMILES string of the molecule is CCN(CC1CC1)C(=O)NCCCOc1c(C)cccc1C. The minimum absolute atomic E-state index is 0.0569. The molecule has 2 rings (SSSR count). The van der Waals surface area contributed by atoms with Gasteiger partial charge in [-0.3, -0.25) is 0 Å². The van der Waals surface area contributed by atoms with Gasteiger partial charge in [-0.2, -0.15) is 0 Å². The van der Waals surface area contributed by atoms with Crippen molar-refractivity contribution in [2.45, 2.75) is 40.0 Å². The lowest BCUT2D eigenvalue weighted by Gasteiger charge is -2.21. The highest BCUT2D eigenvalue weighted by molar-refractivity contribution is 5.74. The first kappa shape index (κ1) is 16.7. The second kappa shape index (κ2) is 8.06. The molecule has 0 radical (unpaired) electrons. The van der Waals surface area contributed by atoms with Crippen LogP contribution in [0.4, 0.5) is 4.79 Å². The number of carbonyl (C=O) groups excluding carboxylic acids is 1. The lowest BCUT2D eigenvalue weighted by Crippen LogP contribution is -2.41. The van der Waals surface area contributed by atoms with Crippen molar-refractivity contribution in [1.29, 1.82) is 0 Å².